The minimum Gasteiger partial charge on any atom is -0.466 e. The van der Waals surface area contributed by atoms with Crippen LogP contribution in [0.25, 0.3) is 0 Å². The molecule has 1 saturated heterocycles. The summed E-state index contributed by atoms with van der Waals surface area (Å²) >= 11 is 1.87. The maximum absolute atomic E-state index is 13.4. The molecule has 5 nitrogen and oxygen atoms in total. The molecule has 1 atom stereocenters. The monoisotopic (exact) mass is 437 g/mol. The number of hydrogen-bond acceptors (Lipinski definition) is 5. The van der Waals surface area contributed by atoms with Crippen molar-refractivity contribution in [1.82, 2.24) is 4.90 Å². The quantitative estimate of drug-likeness (QED) is 0.468. The van der Waals surface area contributed by atoms with E-state index in [1.807, 2.05) is 40.9 Å². The third-order valence-electron chi connectivity index (χ3n) is 5.82. The van der Waals surface area contributed by atoms with Crippen molar-refractivity contribution in [3.05, 3.63) is 35.4 Å². The second-order valence-corrected chi connectivity index (χ2v) is 14.9. The average Bonchev–Trinajstić information content (AvgIpc) is 2.66. The van der Waals surface area contributed by atoms with Gasteiger partial charge in [-0.25, -0.2) is 0 Å². The summed E-state index contributed by atoms with van der Waals surface area (Å²) in [6.07, 6.45) is 0.115. The minimum atomic E-state index is -1.88. The maximum atomic E-state index is 13.4. The SMILES string of the molecule is CCOC(=O)Cc1ccccc1C(=O)N1CCSCC1CO[Si](C)(C)C(C)(C)C. The molecule has 1 heterocycles. The first-order chi connectivity index (χ1) is 13.6. The first-order valence-electron chi connectivity index (χ1n) is 10.3. The predicted octanol–water partition coefficient (Wildman–Crippen LogP) is 4.37. The van der Waals surface area contributed by atoms with Crippen LogP contribution < -0.4 is 0 Å². The van der Waals surface area contributed by atoms with Crippen molar-refractivity contribution in [3.8, 4) is 0 Å². The zero-order valence-electron chi connectivity index (χ0n) is 18.6. The van der Waals surface area contributed by atoms with Gasteiger partial charge in [0.2, 0.25) is 0 Å². The number of nitrogens with zero attached hydrogens (tertiary/aromatic N) is 1. The van der Waals surface area contributed by atoms with E-state index in [4.69, 9.17) is 9.16 Å². The highest BCUT2D eigenvalue weighted by molar-refractivity contribution is 7.99. The Labute approximate surface area is 180 Å². The Morgan fingerprint density at radius 3 is 2.59 bits per heavy atom. The van der Waals surface area contributed by atoms with Gasteiger partial charge >= 0.3 is 5.97 Å². The van der Waals surface area contributed by atoms with Gasteiger partial charge in [-0.2, -0.15) is 11.8 Å². The van der Waals surface area contributed by atoms with Crippen molar-refractivity contribution in [2.24, 2.45) is 0 Å². The molecule has 0 saturated carbocycles. The zero-order chi connectivity index (χ0) is 21.7. The fraction of sp³-hybridized carbons (Fsp3) is 0.636. The van der Waals surface area contributed by atoms with Gasteiger partial charge in [0.1, 0.15) is 0 Å². The molecule has 0 bridgehead atoms. The van der Waals surface area contributed by atoms with Crippen LogP contribution in [0.1, 0.15) is 43.6 Å². The molecule has 1 amide bonds. The molecule has 29 heavy (non-hydrogen) atoms. The van der Waals surface area contributed by atoms with Gasteiger partial charge in [-0.3, -0.25) is 9.59 Å². The van der Waals surface area contributed by atoms with E-state index in [1.54, 1.807) is 6.92 Å². The van der Waals surface area contributed by atoms with Crippen molar-refractivity contribution in [2.45, 2.75) is 58.3 Å². The number of ether oxygens (including phenoxy) is 1. The Morgan fingerprint density at radius 1 is 1.24 bits per heavy atom. The van der Waals surface area contributed by atoms with Crippen LogP contribution in [0.15, 0.2) is 24.3 Å². The lowest BCUT2D eigenvalue weighted by Gasteiger charge is -2.41. The number of rotatable bonds is 7. The second-order valence-electron chi connectivity index (χ2n) is 8.94. The fourth-order valence-corrected chi connectivity index (χ4v) is 5.07. The molecule has 0 spiro atoms. The number of carbonyl (C=O) groups is 2. The van der Waals surface area contributed by atoms with Gasteiger partial charge in [-0.05, 0) is 36.7 Å². The van der Waals surface area contributed by atoms with Crippen LogP contribution >= 0.6 is 11.8 Å². The average molecular weight is 438 g/mol. The number of carbonyl (C=O) groups excluding carboxylic acids is 2. The summed E-state index contributed by atoms with van der Waals surface area (Å²) in [5.74, 6) is 1.47. The minimum absolute atomic E-state index is 0.0194. The van der Waals surface area contributed by atoms with Crippen molar-refractivity contribution in [3.63, 3.8) is 0 Å². The van der Waals surface area contributed by atoms with Gasteiger partial charge in [0.15, 0.2) is 8.32 Å². The van der Waals surface area contributed by atoms with Crippen molar-refractivity contribution in [2.75, 3.05) is 31.3 Å². The Kier molecular flexibility index (Phi) is 8.37. The topological polar surface area (TPSA) is 55.8 Å². The number of hydrogen-bond donors (Lipinski definition) is 0. The van der Waals surface area contributed by atoms with E-state index < -0.39 is 8.32 Å². The van der Waals surface area contributed by atoms with Gasteiger partial charge in [0.05, 0.1) is 25.7 Å². The highest BCUT2D eigenvalue weighted by atomic mass is 32.2. The van der Waals surface area contributed by atoms with Crippen molar-refractivity contribution in [1.29, 1.82) is 0 Å². The summed E-state index contributed by atoms with van der Waals surface area (Å²) in [7, 11) is -1.88. The first-order valence-corrected chi connectivity index (χ1v) is 14.4. The Balaban J connectivity index is 2.17. The number of amides is 1. The molecule has 162 valence electrons. The second kappa shape index (κ2) is 10.1. The van der Waals surface area contributed by atoms with Crippen molar-refractivity contribution >= 4 is 32.0 Å². The molecule has 1 aliphatic rings. The molecule has 0 aromatic heterocycles. The van der Waals surface area contributed by atoms with Crippen LogP contribution in [0.3, 0.4) is 0 Å². The lowest BCUT2D eigenvalue weighted by Crippen LogP contribution is -2.51. The van der Waals surface area contributed by atoms with Crippen LogP contribution in [0.5, 0.6) is 0 Å². The van der Waals surface area contributed by atoms with E-state index in [9.17, 15) is 9.59 Å². The lowest BCUT2D eigenvalue weighted by molar-refractivity contribution is -0.142. The molecule has 1 unspecified atom stereocenters. The number of esters is 1. The van der Waals surface area contributed by atoms with Crippen LogP contribution in [0.2, 0.25) is 18.1 Å². The normalized spacial score (nSPS) is 17.9. The smallest absolute Gasteiger partial charge is 0.310 e. The third-order valence-corrected chi connectivity index (χ3v) is 11.4. The Bertz CT molecular complexity index is 717. The van der Waals surface area contributed by atoms with Gasteiger partial charge in [-0.15, -0.1) is 0 Å². The summed E-state index contributed by atoms with van der Waals surface area (Å²) in [5, 5.41) is 0.135. The molecule has 0 radical (unpaired) electrons. The zero-order valence-corrected chi connectivity index (χ0v) is 20.4. The summed E-state index contributed by atoms with van der Waals surface area (Å²) in [5.41, 5.74) is 1.31. The number of benzene rings is 1. The van der Waals surface area contributed by atoms with E-state index in [0.717, 1.165) is 17.1 Å². The van der Waals surface area contributed by atoms with E-state index in [0.29, 0.717) is 25.3 Å². The fourth-order valence-electron chi connectivity index (χ4n) is 2.99. The molecular weight excluding hydrogens is 402 g/mol. The maximum Gasteiger partial charge on any atom is 0.310 e. The lowest BCUT2D eigenvalue weighted by atomic mass is 10.0. The van der Waals surface area contributed by atoms with Crippen LogP contribution in [-0.4, -0.2) is 62.4 Å². The van der Waals surface area contributed by atoms with E-state index in [2.05, 4.69) is 33.9 Å². The summed E-state index contributed by atoms with van der Waals surface area (Å²) in [4.78, 5) is 27.3. The van der Waals surface area contributed by atoms with Crippen molar-refractivity contribution < 1.29 is 18.8 Å². The molecule has 1 fully saturated rings. The molecule has 1 aromatic carbocycles. The predicted molar refractivity (Wildman–Crippen MR) is 122 cm³/mol. The molecule has 1 aliphatic heterocycles. The van der Waals surface area contributed by atoms with E-state index in [1.165, 1.54) is 0 Å². The first kappa shape index (κ1) is 24.0. The standard InChI is InChI=1S/C22H35NO4SSi/c1-7-26-20(24)14-17-10-8-9-11-19(17)21(25)23-12-13-28-16-18(23)15-27-29(5,6)22(2,3)4/h8-11,18H,7,12-16H2,1-6H3. The van der Waals surface area contributed by atoms with E-state index in [-0.39, 0.29) is 29.4 Å². The molecule has 0 N–H and O–H groups in total. The Morgan fingerprint density at radius 2 is 1.93 bits per heavy atom. The van der Waals surface area contributed by atoms with Gasteiger partial charge in [0.25, 0.3) is 5.91 Å². The summed E-state index contributed by atoms with van der Waals surface area (Å²) in [6, 6.07) is 7.40. The molecule has 0 aliphatic carbocycles. The molecular formula is C22H35NO4SSi. The van der Waals surface area contributed by atoms with Crippen LogP contribution in [-0.2, 0) is 20.4 Å². The van der Waals surface area contributed by atoms with Gasteiger partial charge in [-0.1, -0.05) is 39.0 Å². The van der Waals surface area contributed by atoms with E-state index >= 15 is 0 Å². The molecule has 2 rings (SSSR count). The highest BCUT2D eigenvalue weighted by Crippen LogP contribution is 2.37. The van der Waals surface area contributed by atoms with Crippen LogP contribution in [0, 0.1) is 0 Å². The van der Waals surface area contributed by atoms with Gasteiger partial charge < -0.3 is 14.1 Å². The van der Waals surface area contributed by atoms with Gasteiger partial charge in [0, 0.05) is 23.6 Å². The summed E-state index contributed by atoms with van der Waals surface area (Å²) < 4.78 is 11.5. The Hall–Kier alpha value is -1.31. The molecule has 1 aromatic rings. The largest absolute Gasteiger partial charge is 0.466 e. The summed E-state index contributed by atoms with van der Waals surface area (Å²) in [6.45, 7) is 14.5. The van der Waals surface area contributed by atoms with Crippen LogP contribution in [0.4, 0.5) is 0 Å². The molecule has 7 heteroatoms. The third kappa shape index (κ3) is 6.33. The highest BCUT2D eigenvalue weighted by Gasteiger charge is 2.39. The number of thioether (sulfide) groups is 1.